The summed E-state index contributed by atoms with van der Waals surface area (Å²) in [7, 11) is 0. The summed E-state index contributed by atoms with van der Waals surface area (Å²) in [5, 5.41) is 0.910. The summed E-state index contributed by atoms with van der Waals surface area (Å²) in [5.74, 6) is 0. The zero-order chi connectivity index (χ0) is 14.8. The van der Waals surface area contributed by atoms with Gasteiger partial charge in [-0.3, -0.25) is 14.3 Å². The van der Waals surface area contributed by atoms with Crippen molar-refractivity contribution in [3.05, 3.63) is 70.0 Å². The van der Waals surface area contributed by atoms with Gasteiger partial charge in [0.2, 0.25) is 0 Å². The Morgan fingerprint density at radius 2 is 2.14 bits per heavy atom. The second kappa shape index (κ2) is 5.66. The molecule has 0 aliphatic carbocycles. The quantitative estimate of drug-likeness (QED) is 0.746. The first-order valence-corrected chi connectivity index (χ1v) is 7.09. The van der Waals surface area contributed by atoms with E-state index in [1.165, 1.54) is 0 Å². The van der Waals surface area contributed by atoms with E-state index in [1.807, 2.05) is 25.3 Å². The van der Waals surface area contributed by atoms with E-state index >= 15 is 0 Å². The van der Waals surface area contributed by atoms with Gasteiger partial charge in [-0.25, -0.2) is 4.98 Å². The molecule has 1 atom stereocenters. The normalized spacial score (nSPS) is 12.5. The highest BCUT2D eigenvalue weighted by Gasteiger charge is 2.12. The third kappa shape index (κ3) is 2.67. The number of pyridine rings is 1. The van der Waals surface area contributed by atoms with Crippen molar-refractivity contribution in [2.45, 2.75) is 19.4 Å². The summed E-state index contributed by atoms with van der Waals surface area (Å²) < 4.78 is 1.63. The highest BCUT2D eigenvalue weighted by atomic mass is 35.5. The highest BCUT2D eigenvalue weighted by Crippen LogP contribution is 2.19. The molecule has 106 valence electrons. The zero-order valence-corrected chi connectivity index (χ0v) is 12.3. The van der Waals surface area contributed by atoms with E-state index < -0.39 is 0 Å². The predicted molar refractivity (Wildman–Crippen MR) is 83.7 cm³/mol. The summed E-state index contributed by atoms with van der Waals surface area (Å²) in [4.78, 5) is 21.0. The Morgan fingerprint density at radius 1 is 1.29 bits per heavy atom. The molecule has 0 aliphatic rings. The average molecular weight is 300 g/mol. The first-order chi connectivity index (χ1) is 10.2. The number of aromatic nitrogens is 3. The Balaban J connectivity index is 2.03. The summed E-state index contributed by atoms with van der Waals surface area (Å²) in [6, 6.07) is 9.16. The Kier molecular flexibility index (Phi) is 3.71. The van der Waals surface area contributed by atoms with Gasteiger partial charge in [0, 0.05) is 18.4 Å². The maximum atomic E-state index is 12.6. The van der Waals surface area contributed by atoms with Crippen LogP contribution in [0.4, 0.5) is 0 Å². The largest absolute Gasteiger partial charge is 0.296 e. The van der Waals surface area contributed by atoms with Crippen molar-refractivity contribution >= 4 is 22.5 Å². The lowest BCUT2D eigenvalue weighted by Gasteiger charge is -2.15. The molecule has 0 radical (unpaired) electrons. The first kappa shape index (κ1) is 13.8. The van der Waals surface area contributed by atoms with Gasteiger partial charge in [-0.15, -0.1) is 0 Å². The number of benzene rings is 1. The van der Waals surface area contributed by atoms with E-state index in [1.54, 1.807) is 35.3 Å². The molecule has 3 aromatic rings. The molecule has 2 heterocycles. The molecule has 21 heavy (non-hydrogen) atoms. The molecule has 0 N–H and O–H groups in total. The molecule has 0 spiro atoms. The van der Waals surface area contributed by atoms with Crippen molar-refractivity contribution in [2.24, 2.45) is 0 Å². The fourth-order valence-electron chi connectivity index (χ4n) is 2.41. The fraction of sp³-hybridized carbons (Fsp3) is 0.188. The van der Waals surface area contributed by atoms with Gasteiger partial charge in [0.25, 0.3) is 5.56 Å². The van der Waals surface area contributed by atoms with Crippen molar-refractivity contribution < 1.29 is 0 Å². The predicted octanol–water partition coefficient (Wildman–Crippen LogP) is 3.25. The van der Waals surface area contributed by atoms with Crippen molar-refractivity contribution in [1.29, 1.82) is 0 Å². The Morgan fingerprint density at radius 3 is 2.90 bits per heavy atom. The van der Waals surface area contributed by atoms with E-state index in [-0.39, 0.29) is 11.6 Å². The van der Waals surface area contributed by atoms with Gasteiger partial charge in [0.15, 0.2) is 0 Å². The van der Waals surface area contributed by atoms with Gasteiger partial charge < -0.3 is 0 Å². The SMILES string of the molecule is CC(Cc1cccnc1)n1cnc2cccc(Cl)c2c1=O. The molecule has 0 amide bonds. The van der Waals surface area contributed by atoms with Gasteiger partial charge >= 0.3 is 0 Å². The van der Waals surface area contributed by atoms with E-state index in [2.05, 4.69) is 9.97 Å². The second-order valence-corrected chi connectivity index (χ2v) is 5.41. The molecule has 0 bridgehead atoms. The minimum Gasteiger partial charge on any atom is -0.296 e. The zero-order valence-electron chi connectivity index (χ0n) is 11.5. The molecule has 1 unspecified atom stereocenters. The van der Waals surface area contributed by atoms with Crippen LogP contribution in [-0.4, -0.2) is 14.5 Å². The topological polar surface area (TPSA) is 47.8 Å². The van der Waals surface area contributed by atoms with Gasteiger partial charge in [0.1, 0.15) is 0 Å². The number of hydrogen-bond donors (Lipinski definition) is 0. The van der Waals surface area contributed by atoms with Crippen LogP contribution in [0.3, 0.4) is 0 Å². The van der Waals surface area contributed by atoms with Gasteiger partial charge in [-0.05, 0) is 37.1 Å². The lowest BCUT2D eigenvalue weighted by atomic mass is 10.1. The van der Waals surface area contributed by atoms with Gasteiger partial charge in [-0.2, -0.15) is 0 Å². The lowest BCUT2D eigenvalue weighted by molar-refractivity contribution is 0.522. The summed E-state index contributed by atoms with van der Waals surface area (Å²) in [5.41, 5.74) is 1.59. The van der Waals surface area contributed by atoms with Crippen molar-refractivity contribution in [1.82, 2.24) is 14.5 Å². The first-order valence-electron chi connectivity index (χ1n) is 6.71. The average Bonchev–Trinajstić information content (AvgIpc) is 2.48. The molecule has 3 rings (SSSR count). The maximum absolute atomic E-state index is 12.6. The smallest absolute Gasteiger partial charge is 0.262 e. The van der Waals surface area contributed by atoms with Crippen LogP contribution in [-0.2, 0) is 6.42 Å². The third-order valence-corrected chi connectivity index (χ3v) is 3.80. The molecule has 0 saturated heterocycles. The third-order valence-electron chi connectivity index (χ3n) is 3.49. The van der Waals surface area contributed by atoms with Crippen molar-refractivity contribution in [3.63, 3.8) is 0 Å². The standard InChI is InChI=1S/C16H14ClN3O/c1-11(8-12-4-3-7-18-9-12)20-10-19-14-6-2-5-13(17)15(14)16(20)21/h2-7,9-11H,8H2,1H3. The van der Waals surface area contributed by atoms with Crippen molar-refractivity contribution in [2.75, 3.05) is 0 Å². The van der Waals surface area contributed by atoms with Crippen LogP contribution in [0.2, 0.25) is 5.02 Å². The summed E-state index contributed by atoms with van der Waals surface area (Å²) in [6.45, 7) is 1.98. The molecule has 0 aliphatic heterocycles. The van der Waals surface area contributed by atoms with Gasteiger partial charge in [-0.1, -0.05) is 23.7 Å². The van der Waals surface area contributed by atoms with Crippen LogP contribution >= 0.6 is 11.6 Å². The molecule has 5 heteroatoms. The molecule has 2 aromatic heterocycles. The number of fused-ring (bicyclic) bond motifs is 1. The number of hydrogen-bond acceptors (Lipinski definition) is 3. The van der Waals surface area contributed by atoms with Crippen LogP contribution in [0.1, 0.15) is 18.5 Å². The molecule has 1 aromatic carbocycles. The molecular formula is C16H14ClN3O. The molecule has 0 saturated carbocycles. The Labute approximate surface area is 127 Å². The Hall–Kier alpha value is -2.20. The van der Waals surface area contributed by atoms with Crippen LogP contribution < -0.4 is 5.56 Å². The summed E-state index contributed by atoms with van der Waals surface area (Å²) in [6.07, 6.45) is 5.84. The van der Waals surface area contributed by atoms with E-state index in [0.29, 0.717) is 22.3 Å². The number of nitrogens with zero attached hydrogens (tertiary/aromatic N) is 3. The monoisotopic (exact) mass is 299 g/mol. The van der Waals surface area contributed by atoms with Crippen molar-refractivity contribution in [3.8, 4) is 0 Å². The minimum absolute atomic E-state index is 0.0186. The number of rotatable bonds is 3. The van der Waals surface area contributed by atoms with Crippen LogP contribution in [0.5, 0.6) is 0 Å². The van der Waals surface area contributed by atoms with E-state index in [9.17, 15) is 4.79 Å². The molecular weight excluding hydrogens is 286 g/mol. The Bertz CT molecular complexity index is 830. The second-order valence-electron chi connectivity index (χ2n) is 5.01. The van der Waals surface area contributed by atoms with Crippen LogP contribution in [0.25, 0.3) is 10.9 Å². The van der Waals surface area contributed by atoms with E-state index in [0.717, 1.165) is 5.56 Å². The van der Waals surface area contributed by atoms with Crippen LogP contribution in [0.15, 0.2) is 53.8 Å². The highest BCUT2D eigenvalue weighted by molar-refractivity contribution is 6.35. The summed E-state index contributed by atoms with van der Waals surface area (Å²) >= 11 is 6.14. The molecule has 0 fully saturated rings. The van der Waals surface area contributed by atoms with Gasteiger partial charge in [0.05, 0.1) is 22.3 Å². The van der Waals surface area contributed by atoms with Crippen LogP contribution in [0, 0.1) is 0 Å². The maximum Gasteiger partial charge on any atom is 0.262 e. The lowest BCUT2D eigenvalue weighted by Crippen LogP contribution is -2.25. The minimum atomic E-state index is -0.109. The fourth-order valence-corrected chi connectivity index (χ4v) is 2.66. The number of halogens is 1. The molecule has 4 nitrogen and oxygen atoms in total. The van der Waals surface area contributed by atoms with E-state index in [4.69, 9.17) is 11.6 Å².